The zero-order valence-electron chi connectivity index (χ0n) is 19.5. The lowest BCUT2D eigenvalue weighted by atomic mass is 10.1. The summed E-state index contributed by atoms with van der Waals surface area (Å²) in [5.74, 6) is -0.429. The molecular formula is C26H33N5O3. The number of nitrogens with one attached hydrogen (secondary N) is 2. The van der Waals surface area contributed by atoms with E-state index in [9.17, 15) is 14.4 Å². The van der Waals surface area contributed by atoms with Gasteiger partial charge >= 0.3 is 0 Å². The number of amides is 3. The number of anilines is 1. The van der Waals surface area contributed by atoms with Crippen LogP contribution in [0.4, 0.5) is 5.69 Å². The number of hydrogen-bond acceptors (Lipinski definition) is 5. The van der Waals surface area contributed by atoms with E-state index < -0.39 is 6.04 Å². The van der Waals surface area contributed by atoms with Crippen LogP contribution < -0.4 is 15.5 Å². The number of carbonyl (C=O) groups is 3. The number of piperazine rings is 1. The molecule has 0 bridgehead atoms. The molecule has 1 aromatic heterocycles. The minimum Gasteiger partial charge on any atom is -0.368 e. The summed E-state index contributed by atoms with van der Waals surface area (Å²) >= 11 is 0. The van der Waals surface area contributed by atoms with Gasteiger partial charge in [0.15, 0.2) is 0 Å². The number of benzene rings is 1. The van der Waals surface area contributed by atoms with Crippen molar-refractivity contribution in [2.24, 2.45) is 0 Å². The SMILES string of the molecule is C=CC(=O)NCCCCC(NC(=O)Cc1ccccc1)C(=O)N1CCN(c2ccncc2)CC1. The fraction of sp³-hybridized carbons (Fsp3) is 0.385. The molecule has 2 aromatic rings. The molecule has 3 rings (SSSR count). The summed E-state index contributed by atoms with van der Waals surface area (Å²) in [6.07, 6.45) is 6.95. The molecule has 0 spiro atoms. The summed E-state index contributed by atoms with van der Waals surface area (Å²) in [6, 6.07) is 12.8. The Morgan fingerprint density at radius 3 is 2.38 bits per heavy atom. The van der Waals surface area contributed by atoms with Crippen molar-refractivity contribution >= 4 is 23.4 Å². The lowest BCUT2D eigenvalue weighted by molar-refractivity contribution is -0.136. The highest BCUT2D eigenvalue weighted by Crippen LogP contribution is 2.16. The second-order valence-corrected chi connectivity index (χ2v) is 8.29. The summed E-state index contributed by atoms with van der Waals surface area (Å²) in [5.41, 5.74) is 2.00. The quantitative estimate of drug-likeness (QED) is 0.392. The number of hydrogen-bond donors (Lipinski definition) is 2. The van der Waals surface area contributed by atoms with Gasteiger partial charge in [0, 0.05) is 50.8 Å². The van der Waals surface area contributed by atoms with E-state index in [1.165, 1.54) is 6.08 Å². The molecular weight excluding hydrogens is 430 g/mol. The normalized spacial score (nSPS) is 14.2. The Bertz CT molecular complexity index is 943. The molecule has 8 heteroatoms. The zero-order valence-corrected chi connectivity index (χ0v) is 19.5. The standard InChI is InChI=1S/C26H33N5O3/c1-2-24(32)28-13-7-6-10-23(29-25(33)20-21-8-4-3-5-9-21)26(34)31-18-16-30(17-19-31)22-11-14-27-15-12-22/h2-5,8-9,11-12,14-15,23H,1,6-7,10,13,16-20H2,(H,28,32)(H,29,33). The third-order valence-corrected chi connectivity index (χ3v) is 5.86. The van der Waals surface area contributed by atoms with Crippen molar-refractivity contribution in [3.8, 4) is 0 Å². The molecule has 2 heterocycles. The van der Waals surface area contributed by atoms with Crippen molar-refractivity contribution in [2.75, 3.05) is 37.6 Å². The van der Waals surface area contributed by atoms with Crippen LogP contribution >= 0.6 is 0 Å². The Morgan fingerprint density at radius 2 is 1.71 bits per heavy atom. The maximum atomic E-state index is 13.3. The highest BCUT2D eigenvalue weighted by atomic mass is 16.2. The molecule has 0 saturated carbocycles. The van der Waals surface area contributed by atoms with Crippen LogP contribution in [0.5, 0.6) is 0 Å². The molecule has 34 heavy (non-hydrogen) atoms. The average molecular weight is 464 g/mol. The van der Waals surface area contributed by atoms with Crippen LogP contribution in [0.15, 0.2) is 67.5 Å². The van der Waals surface area contributed by atoms with E-state index in [2.05, 4.69) is 27.1 Å². The van der Waals surface area contributed by atoms with E-state index in [-0.39, 0.29) is 24.1 Å². The van der Waals surface area contributed by atoms with E-state index in [1.54, 1.807) is 12.4 Å². The van der Waals surface area contributed by atoms with Gasteiger partial charge in [0.1, 0.15) is 6.04 Å². The predicted molar refractivity (Wildman–Crippen MR) is 132 cm³/mol. The minimum absolute atomic E-state index is 0.0501. The van der Waals surface area contributed by atoms with Crippen molar-refractivity contribution in [2.45, 2.75) is 31.7 Å². The summed E-state index contributed by atoms with van der Waals surface area (Å²) < 4.78 is 0. The first-order valence-corrected chi connectivity index (χ1v) is 11.7. The maximum absolute atomic E-state index is 13.3. The highest BCUT2D eigenvalue weighted by molar-refractivity contribution is 5.88. The monoisotopic (exact) mass is 463 g/mol. The molecule has 0 aliphatic carbocycles. The second kappa shape index (κ2) is 13.1. The van der Waals surface area contributed by atoms with Crippen LogP contribution in [0.25, 0.3) is 0 Å². The molecule has 3 amide bonds. The van der Waals surface area contributed by atoms with Crippen LogP contribution in [0, 0.1) is 0 Å². The van der Waals surface area contributed by atoms with E-state index >= 15 is 0 Å². The van der Waals surface area contributed by atoms with Gasteiger partial charge in [0.05, 0.1) is 6.42 Å². The Morgan fingerprint density at radius 1 is 1.00 bits per heavy atom. The molecule has 0 radical (unpaired) electrons. The van der Waals surface area contributed by atoms with Crippen molar-refractivity contribution in [3.63, 3.8) is 0 Å². The van der Waals surface area contributed by atoms with E-state index in [0.717, 1.165) is 24.3 Å². The minimum atomic E-state index is -0.584. The molecule has 2 N–H and O–H groups in total. The largest absolute Gasteiger partial charge is 0.368 e. The molecule has 1 saturated heterocycles. The van der Waals surface area contributed by atoms with Gasteiger partial charge in [-0.05, 0) is 43.0 Å². The lowest BCUT2D eigenvalue weighted by Gasteiger charge is -2.37. The molecule has 8 nitrogen and oxygen atoms in total. The van der Waals surface area contributed by atoms with Crippen LogP contribution in [0.1, 0.15) is 24.8 Å². The van der Waals surface area contributed by atoms with Gasteiger partial charge in [0.2, 0.25) is 17.7 Å². The van der Waals surface area contributed by atoms with Crippen LogP contribution in [-0.4, -0.2) is 66.4 Å². The summed E-state index contributed by atoms with van der Waals surface area (Å²) in [6.45, 7) is 6.60. The first-order valence-electron chi connectivity index (χ1n) is 11.7. The fourth-order valence-electron chi connectivity index (χ4n) is 4.00. The molecule has 180 valence electrons. The smallest absolute Gasteiger partial charge is 0.245 e. The molecule has 1 aromatic carbocycles. The van der Waals surface area contributed by atoms with Gasteiger partial charge in [-0.3, -0.25) is 19.4 Å². The number of carbonyl (C=O) groups excluding carboxylic acids is 3. The predicted octanol–water partition coefficient (Wildman–Crippen LogP) is 1.93. The Labute approximate surface area is 201 Å². The molecule has 1 fully saturated rings. The maximum Gasteiger partial charge on any atom is 0.245 e. The van der Waals surface area contributed by atoms with E-state index in [1.807, 2.05) is 47.4 Å². The van der Waals surface area contributed by atoms with Crippen molar-refractivity contribution in [3.05, 3.63) is 73.1 Å². The lowest BCUT2D eigenvalue weighted by Crippen LogP contribution is -2.55. The van der Waals surface area contributed by atoms with Gasteiger partial charge in [-0.15, -0.1) is 0 Å². The van der Waals surface area contributed by atoms with Gasteiger partial charge in [0.25, 0.3) is 0 Å². The number of pyridine rings is 1. The van der Waals surface area contributed by atoms with Crippen molar-refractivity contribution < 1.29 is 14.4 Å². The summed E-state index contributed by atoms with van der Waals surface area (Å²) in [7, 11) is 0. The number of nitrogens with zero attached hydrogens (tertiary/aromatic N) is 3. The Kier molecular flexibility index (Phi) is 9.64. The Balaban J connectivity index is 1.56. The van der Waals surface area contributed by atoms with Gasteiger partial charge in [-0.2, -0.15) is 0 Å². The first kappa shape index (κ1) is 25.0. The van der Waals surface area contributed by atoms with Gasteiger partial charge in [-0.1, -0.05) is 36.9 Å². The van der Waals surface area contributed by atoms with Gasteiger partial charge in [-0.25, -0.2) is 0 Å². The molecule has 1 unspecified atom stereocenters. The van der Waals surface area contributed by atoms with Crippen LogP contribution in [0.3, 0.4) is 0 Å². The van der Waals surface area contributed by atoms with Gasteiger partial charge < -0.3 is 20.4 Å². The van der Waals surface area contributed by atoms with Crippen molar-refractivity contribution in [1.82, 2.24) is 20.5 Å². The van der Waals surface area contributed by atoms with Crippen molar-refractivity contribution in [1.29, 1.82) is 0 Å². The third-order valence-electron chi connectivity index (χ3n) is 5.86. The number of rotatable bonds is 11. The number of unbranched alkanes of at least 4 members (excludes halogenated alkanes) is 1. The Hall–Kier alpha value is -3.68. The summed E-state index contributed by atoms with van der Waals surface area (Å²) in [4.78, 5) is 45.5. The van der Waals surface area contributed by atoms with E-state index in [0.29, 0.717) is 38.9 Å². The topological polar surface area (TPSA) is 94.6 Å². The van der Waals surface area contributed by atoms with E-state index in [4.69, 9.17) is 0 Å². The molecule has 1 aliphatic rings. The zero-order chi connectivity index (χ0) is 24.2. The van der Waals surface area contributed by atoms with Crippen LogP contribution in [-0.2, 0) is 20.8 Å². The molecule has 1 atom stereocenters. The average Bonchev–Trinajstić information content (AvgIpc) is 2.88. The second-order valence-electron chi connectivity index (χ2n) is 8.29. The highest BCUT2D eigenvalue weighted by Gasteiger charge is 2.28. The van der Waals surface area contributed by atoms with Crippen LogP contribution in [0.2, 0.25) is 0 Å². The number of aromatic nitrogens is 1. The summed E-state index contributed by atoms with van der Waals surface area (Å²) in [5, 5.41) is 5.70. The first-order chi connectivity index (χ1) is 16.6. The third kappa shape index (κ3) is 7.72. The fourth-order valence-corrected chi connectivity index (χ4v) is 4.00. The molecule has 1 aliphatic heterocycles.